The molecule has 2 rings (SSSR count). The Kier molecular flexibility index (Phi) is 4.12. The van der Waals surface area contributed by atoms with E-state index in [4.69, 9.17) is 4.74 Å². The molecule has 1 saturated carbocycles. The van der Waals surface area contributed by atoms with E-state index in [1.807, 2.05) is 0 Å². The number of nitrogens with zero attached hydrogens (tertiary/aromatic N) is 2. The fourth-order valence-corrected chi connectivity index (χ4v) is 1.98. The zero-order valence-corrected chi connectivity index (χ0v) is 10.6. The largest absolute Gasteiger partial charge is 0.466 e. The average molecular weight is 250 g/mol. The van der Waals surface area contributed by atoms with Crippen LogP contribution in [0.1, 0.15) is 44.2 Å². The summed E-state index contributed by atoms with van der Waals surface area (Å²) >= 11 is 0. The molecule has 1 heterocycles. The maximum Gasteiger partial charge on any atom is 0.307 e. The van der Waals surface area contributed by atoms with Crippen molar-refractivity contribution in [1.82, 2.24) is 9.55 Å². The molecule has 0 aliphatic heterocycles. The molecule has 0 aromatic carbocycles. The number of aryl methyl sites for hydroxylation is 1. The number of carbonyl (C=O) groups excluding carboxylic acids is 1. The molecule has 1 aromatic rings. The molecule has 0 atom stereocenters. The van der Waals surface area contributed by atoms with Gasteiger partial charge in [-0.3, -0.25) is 14.2 Å². The first-order valence-corrected chi connectivity index (χ1v) is 6.42. The number of rotatable bonds is 5. The lowest BCUT2D eigenvalue weighted by atomic mass is 9.83. The maximum atomic E-state index is 11.8. The van der Waals surface area contributed by atoms with Gasteiger partial charge in [0.1, 0.15) is 0 Å². The SMILES string of the molecule is CCOC(=O)CCn1cnc(C2CCC2)cc1=O. The van der Waals surface area contributed by atoms with Crippen LogP contribution in [0, 0.1) is 0 Å². The molecule has 5 heteroatoms. The van der Waals surface area contributed by atoms with E-state index in [0.717, 1.165) is 18.5 Å². The average Bonchev–Trinajstić information content (AvgIpc) is 2.26. The van der Waals surface area contributed by atoms with Gasteiger partial charge in [0, 0.05) is 18.5 Å². The van der Waals surface area contributed by atoms with E-state index in [9.17, 15) is 9.59 Å². The molecular formula is C13H18N2O3. The number of ether oxygens (including phenoxy) is 1. The number of carbonyl (C=O) groups is 1. The normalized spacial score (nSPS) is 15.2. The summed E-state index contributed by atoms with van der Waals surface area (Å²) in [5, 5.41) is 0. The predicted octanol–water partition coefficient (Wildman–Crippen LogP) is 1.46. The molecule has 1 aliphatic rings. The second-order valence-corrected chi connectivity index (χ2v) is 4.53. The van der Waals surface area contributed by atoms with Gasteiger partial charge < -0.3 is 4.74 Å². The summed E-state index contributed by atoms with van der Waals surface area (Å²) in [5.41, 5.74) is 0.801. The number of hydrogen-bond acceptors (Lipinski definition) is 4. The van der Waals surface area contributed by atoms with Gasteiger partial charge in [-0.25, -0.2) is 4.98 Å². The summed E-state index contributed by atoms with van der Waals surface area (Å²) in [5.74, 6) is 0.171. The second kappa shape index (κ2) is 5.80. The van der Waals surface area contributed by atoms with Gasteiger partial charge in [-0.1, -0.05) is 6.42 Å². The summed E-state index contributed by atoms with van der Waals surface area (Å²) in [6.07, 6.45) is 5.21. The van der Waals surface area contributed by atoms with Crippen molar-refractivity contribution in [2.75, 3.05) is 6.61 Å². The molecule has 98 valence electrons. The Morgan fingerprint density at radius 3 is 2.89 bits per heavy atom. The quantitative estimate of drug-likeness (QED) is 0.742. The highest BCUT2D eigenvalue weighted by atomic mass is 16.5. The van der Waals surface area contributed by atoms with Gasteiger partial charge in [-0.15, -0.1) is 0 Å². The first-order valence-electron chi connectivity index (χ1n) is 6.42. The predicted molar refractivity (Wildman–Crippen MR) is 66.3 cm³/mol. The van der Waals surface area contributed by atoms with Gasteiger partial charge in [-0.05, 0) is 19.8 Å². The van der Waals surface area contributed by atoms with Crippen LogP contribution >= 0.6 is 0 Å². The van der Waals surface area contributed by atoms with Gasteiger partial charge in [-0.2, -0.15) is 0 Å². The maximum absolute atomic E-state index is 11.8. The van der Waals surface area contributed by atoms with E-state index in [-0.39, 0.29) is 17.9 Å². The van der Waals surface area contributed by atoms with E-state index in [1.165, 1.54) is 17.3 Å². The molecule has 0 unspecified atom stereocenters. The minimum Gasteiger partial charge on any atom is -0.466 e. The minimum absolute atomic E-state index is 0.0869. The Bertz CT molecular complexity index is 477. The Morgan fingerprint density at radius 2 is 2.33 bits per heavy atom. The summed E-state index contributed by atoms with van der Waals surface area (Å²) in [4.78, 5) is 27.3. The monoisotopic (exact) mass is 250 g/mol. The highest BCUT2D eigenvalue weighted by Crippen LogP contribution is 2.34. The van der Waals surface area contributed by atoms with Gasteiger partial charge in [0.15, 0.2) is 0 Å². The molecule has 0 bridgehead atoms. The van der Waals surface area contributed by atoms with Crippen LogP contribution in [0.4, 0.5) is 0 Å². The van der Waals surface area contributed by atoms with E-state index in [0.29, 0.717) is 19.1 Å². The fraction of sp³-hybridized carbons (Fsp3) is 0.615. The summed E-state index contributed by atoms with van der Waals surface area (Å²) < 4.78 is 6.27. The second-order valence-electron chi connectivity index (χ2n) is 4.53. The topological polar surface area (TPSA) is 61.2 Å². The molecule has 1 aliphatic carbocycles. The Balaban J connectivity index is 1.97. The molecule has 18 heavy (non-hydrogen) atoms. The van der Waals surface area contributed by atoms with Gasteiger partial charge >= 0.3 is 5.97 Å². The lowest BCUT2D eigenvalue weighted by Gasteiger charge is -2.24. The minimum atomic E-state index is -0.285. The molecule has 0 N–H and O–H groups in total. The summed E-state index contributed by atoms with van der Waals surface area (Å²) in [7, 11) is 0. The van der Waals surface area contributed by atoms with Crippen molar-refractivity contribution in [3.8, 4) is 0 Å². The Labute approximate surface area is 106 Å². The van der Waals surface area contributed by atoms with E-state index in [1.54, 1.807) is 13.0 Å². The fourth-order valence-electron chi connectivity index (χ4n) is 1.98. The first-order chi connectivity index (χ1) is 8.70. The Morgan fingerprint density at radius 1 is 1.56 bits per heavy atom. The lowest BCUT2D eigenvalue weighted by Crippen LogP contribution is -2.24. The molecule has 1 aromatic heterocycles. The third-order valence-electron chi connectivity index (χ3n) is 3.29. The van der Waals surface area contributed by atoms with Crippen LogP contribution in [-0.2, 0) is 16.1 Å². The van der Waals surface area contributed by atoms with Crippen molar-refractivity contribution in [1.29, 1.82) is 0 Å². The number of esters is 1. The van der Waals surface area contributed by atoms with Crippen molar-refractivity contribution >= 4 is 5.97 Å². The van der Waals surface area contributed by atoms with Crippen molar-refractivity contribution in [3.63, 3.8) is 0 Å². The van der Waals surface area contributed by atoms with Gasteiger partial charge in [0.25, 0.3) is 5.56 Å². The lowest BCUT2D eigenvalue weighted by molar-refractivity contribution is -0.143. The summed E-state index contributed by atoms with van der Waals surface area (Å²) in [6.45, 7) is 2.46. The van der Waals surface area contributed by atoms with Crippen molar-refractivity contribution in [3.05, 3.63) is 28.4 Å². The number of aromatic nitrogens is 2. The van der Waals surface area contributed by atoms with Crippen molar-refractivity contribution < 1.29 is 9.53 Å². The van der Waals surface area contributed by atoms with Crippen LogP contribution in [0.5, 0.6) is 0 Å². The Hall–Kier alpha value is -1.65. The molecule has 5 nitrogen and oxygen atoms in total. The van der Waals surface area contributed by atoms with Crippen LogP contribution in [-0.4, -0.2) is 22.1 Å². The third-order valence-corrected chi connectivity index (χ3v) is 3.29. The smallest absolute Gasteiger partial charge is 0.307 e. The zero-order chi connectivity index (χ0) is 13.0. The molecule has 0 radical (unpaired) electrons. The van der Waals surface area contributed by atoms with E-state index in [2.05, 4.69) is 4.98 Å². The molecular weight excluding hydrogens is 232 g/mol. The first kappa shape index (κ1) is 12.8. The van der Waals surface area contributed by atoms with Crippen molar-refractivity contribution in [2.45, 2.75) is 45.1 Å². The molecule has 0 saturated heterocycles. The highest BCUT2D eigenvalue weighted by Gasteiger charge is 2.21. The van der Waals surface area contributed by atoms with Crippen LogP contribution in [0.15, 0.2) is 17.2 Å². The molecule has 0 spiro atoms. The third kappa shape index (κ3) is 2.97. The zero-order valence-electron chi connectivity index (χ0n) is 10.6. The summed E-state index contributed by atoms with van der Waals surface area (Å²) in [6, 6.07) is 1.59. The van der Waals surface area contributed by atoms with Crippen LogP contribution in [0.25, 0.3) is 0 Å². The number of hydrogen-bond donors (Lipinski definition) is 0. The standard InChI is InChI=1S/C13H18N2O3/c1-2-18-13(17)6-7-15-9-14-11(8-12(15)16)10-4-3-5-10/h8-10H,2-7H2,1H3. The molecule has 0 amide bonds. The van der Waals surface area contributed by atoms with Crippen LogP contribution in [0.2, 0.25) is 0 Å². The van der Waals surface area contributed by atoms with E-state index >= 15 is 0 Å². The van der Waals surface area contributed by atoms with Crippen LogP contribution < -0.4 is 5.56 Å². The highest BCUT2D eigenvalue weighted by molar-refractivity contribution is 5.69. The molecule has 1 fully saturated rings. The van der Waals surface area contributed by atoms with Gasteiger partial charge in [0.05, 0.1) is 25.0 Å². The van der Waals surface area contributed by atoms with Gasteiger partial charge in [0.2, 0.25) is 0 Å². The van der Waals surface area contributed by atoms with E-state index < -0.39 is 0 Å². The van der Waals surface area contributed by atoms with Crippen LogP contribution in [0.3, 0.4) is 0 Å². The van der Waals surface area contributed by atoms with Crippen molar-refractivity contribution in [2.24, 2.45) is 0 Å².